The van der Waals surface area contributed by atoms with Gasteiger partial charge in [-0.1, -0.05) is 107 Å². The van der Waals surface area contributed by atoms with Crippen molar-refractivity contribution in [2.75, 3.05) is 24.6 Å². The maximum Gasteiger partial charge on any atom is 0.358 e. The number of benzene rings is 3. The Kier molecular flexibility index (Phi) is 10.5. The van der Waals surface area contributed by atoms with Crippen LogP contribution in [0.25, 0.3) is 22.2 Å². The molecule has 0 aliphatic carbocycles. The van der Waals surface area contributed by atoms with Gasteiger partial charge in [0.25, 0.3) is 0 Å². The summed E-state index contributed by atoms with van der Waals surface area (Å²) < 4.78 is 15.8. The maximum atomic E-state index is 13.9. The number of nitrogens with zero attached hydrogens (tertiary/aromatic N) is 3. The van der Waals surface area contributed by atoms with Crippen LogP contribution in [0.1, 0.15) is 99.3 Å². The topological polar surface area (TPSA) is 56.6 Å². The predicted molar refractivity (Wildman–Crippen MR) is 196 cm³/mol. The molecule has 5 aromatic rings. The molecule has 0 amide bonds. The molecule has 1 unspecified atom stereocenters. The molecule has 6 rings (SSSR count). The van der Waals surface area contributed by atoms with Crippen molar-refractivity contribution in [3.05, 3.63) is 114 Å². The number of para-hydroxylation sites is 1. The van der Waals surface area contributed by atoms with Crippen molar-refractivity contribution < 1.29 is 14.3 Å². The fraction of sp³-hybridized carbons (Fsp3) is 0.381. The number of anilines is 1. The van der Waals surface area contributed by atoms with E-state index in [1.54, 1.807) is 6.20 Å². The molecule has 2 aromatic heterocycles. The number of ether oxygens (including phenoxy) is 2. The number of carbonyl (C=O) groups excluding carboxylic acids is 1. The number of hydrogen-bond acceptors (Lipinski definition) is 5. The summed E-state index contributed by atoms with van der Waals surface area (Å²) in [4.78, 5) is 21.0. The Balaban J connectivity index is 1.64. The molecule has 1 aliphatic rings. The van der Waals surface area contributed by atoms with E-state index in [4.69, 9.17) is 9.47 Å². The van der Waals surface area contributed by atoms with Gasteiger partial charge in [0.1, 0.15) is 5.75 Å². The molecule has 0 saturated heterocycles. The van der Waals surface area contributed by atoms with E-state index in [1.165, 1.54) is 6.42 Å². The van der Waals surface area contributed by atoms with Gasteiger partial charge in [-0.05, 0) is 49.1 Å². The third-order valence-electron chi connectivity index (χ3n) is 9.66. The van der Waals surface area contributed by atoms with Gasteiger partial charge in [0, 0.05) is 65.7 Å². The molecule has 6 heteroatoms. The lowest BCUT2D eigenvalue weighted by molar-refractivity contribution is 0.0246. The molecular formula is C42H49N3O3. The molecule has 1 aliphatic heterocycles. The summed E-state index contributed by atoms with van der Waals surface area (Å²) >= 11 is 0. The predicted octanol–water partition coefficient (Wildman–Crippen LogP) is 10.1. The van der Waals surface area contributed by atoms with Gasteiger partial charge in [-0.25, -0.2) is 9.78 Å². The first-order valence-electron chi connectivity index (χ1n) is 17.9. The summed E-state index contributed by atoms with van der Waals surface area (Å²) in [5.74, 6) is 0.321. The van der Waals surface area contributed by atoms with Crippen molar-refractivity contribution in [1.29, 1.82) is 0 Å². The molecule has 250 valence electrons. The molecular weight excluding hydrogens is 594 g/mol. The first-order chi connectivity index (χ1) is 23.5. The molecule has 3 heterocycles. The van der Waals surface area contributed by atoms with Crippen molar-refractivity contribution in [3.8, 4) is 17.0 Å². The number of aromatic nitrogens is 2. The van der Waals surface area contributed by atoms with Crippen LogP contribution in [0.15, 0.2) is 91.1 Å². The Morgan fingerprint density at radius 2 is 1.52 bits per heavy atom. The number of rotatable bonds is 16. The van der Waals surface area contributed by atoms with Gasteiger partial charge < -0.3 is 18.9 Å². The zero-order valence-corrected chi connectivity index (χ0v) is 29.0. The van der Waals surface area contributed by atoms with Crippen molar-refractivity contribution in [2.45, 2.75) is 77.7 Å². The highest BCUT2D eigenvalue weighted by Gasteiger charge is 2.54. The van der Waals surface area contributed by atoms with E-state index >= 15 is 0 Å². The minimum atomic E-state index is -1.29. The Hall–Kier alpha value is -4.58. The number of carbonyl (C=O) groups is 1. The summed E-state index contributed by atoms with van der Waals surface area (Å²) in [7, 11) is 2.09. The number of cyclic esters (lactones) is 1. The van der Waals surface area contributed by atoms with E-state index in [0.717, 1.165) is 108 Å². The van der Waals surface area contributed by atoms with Gasteiger partial charge in [0.15, 0.2) is 11.3 Å². The van der Waals surface area contributed by atoms with Crippen molar-refractivity contribution in [1.82, 2.24) is 9.55 Å². The highest BCUT2D eigenvalue weighted by molar-refractivity contribution is 6.00. The van der Waals surface area contributed by atoms with E-state index in [2.05, 4.69) is 109 Å². The second-order valence-corrected chi connectivity index (χ2v) is 12.9. The van der Waals surface area contributed by atoms with Crippen molar-refractivity contribution >= 4 is 22.6 Å². The minimum Gasteiger partial charge on any atom is -0.493 e. The Bertz CT molecular complexity index is 1840. The SMILES string of the molecule is CCCCCCOc1cc(N(CCCC)CCCC)ccc1C1(c2c(-c3ccccc3)n(C)c3ccccc23)OC(=O)c2ncccc21. The molecule has 1 atom stereocenters. The van der Waals surface area contributed by atoms with Crippen LogP contribution in [0, 0.1) is 0 Å². The Labute approximate surface area is 285 Å². The molecule has 0 spiro atoms. The number of unbranched alkanes of at least 4 members (excludes halogenated alkanes) is 5. The molecule has 3 aromatic carbocycles. The smallest absolute Gasteiger partial charge is 0.358 e. The van der Waals surface area contributed by atoms with Gasteiger partial charge >= 0.3 is 5.97 Å². The molecule has 0 N–H and O–H groups in total. The number of hydrogen-bond donors (Lipinski definition) is 0. The number of pyridine rings is 1. The lowest BCUT2D eigenvalue weighted by Crippen LogP contribution is -2.31. The largest absolute Gasteiger partial charge is 0.493 e. The van der Waals surface area contributed by atoms with Crippen LogP contribution >= 0.6 is 0 Å². The van der Waals surface area contributed by atoms with E-state index in [-0.39, 0.29) is 0 Å². The second-order valence-electron chi connectivity index (χ2n) is 12.9. The summed E-state index contributed by atoms with van der Waals surface area (Å²) in [6, 6.07) is 29.2. The highest BCUT2D eigenvalue weighted by Crippen LogP contribution is 2.55. The van der Waals surface area contributed by atoms with Gasteiger partial charge in [0.05, 0.1) is 12.3 Å². The number of esters is 1. The third-order valence-corrected chi connectivity index (χ3v) is 9.66. The van der Waals surface area contributed by atoms with Crippen LogP contribution in [0.3, 0.4) is 0 Å². The lowest BCUT2D eigenvalue weighted by Gasteiger charge is -2.33. The average Bonchev–Trinajstić information content (AvgIpc) is 3.59. The van der Waals surface area contributed by atoms with Gasteiger partial charge in [-0.3, -0.25) is 0 Å². The van der Waals surface area contributed by atoms with Crippen LogP contribution in [-0.2, 0) is 17.4 Å². The molecule has 0 fully saturated rings. The average molecular weight is 644 g/mol. The normalized spacial score (nSPS) is 15.5. The zero-order valence-electron chi connectivity index (χ0n) is 29.0. The highest BCUT2D eigenvalue weighted by atomic mass is 16.6. The van der Waals surface area contributed by atoms with Gasteiger partial charge in [-0.15, -0.1) is 0 Å². The first kappa shape index (κ1) is 33.3. The number of aryl methyl sites for hydroxylation is 1. The zero-order chi connectivity index (χ0) is 33.5. The molecule has 6 nitrogen and oxygen atoms in total. The van der Waals surface area contributed by atoms with E-state index in [0.29, 0.717) is 12.3 Å². The van der Waals surface area contributed by atoms with Crippen LogP contribution in [0.4, 0.5) is 5.69 Å². The van der Waals surface area contributed by atoms with E-state index < -0.39 is 11.6 Å². The van der Waals surface area contributed by atoms with Crippen LogP contribution in [0.5, 0.6) is 5.75 Å². The van der Waals surface area contributed by atoms with Gasteiger partial charge in [-0.2, -0.15) is 0 Å². The van der Waals surface area contributed by atoms with Gasteiger partial charge in [0.2, 0.25) is 0 Å². The third kappa shape index (κ3) is 6.21. The fourth-order valence-corrected chi connectivity index (χ4v) is 7.20. The minimum absolute atomic E-state index is 0.343. The standard InChI is InChI=1S/C42H49N3O3/c1-5-8-11-17-29-47-37-30-32(45(27-9-6-2)28-10-7-3)24-25-34(37)42(35-22-18-26-43-39(35)41(46)48-42)38-33-21-15-16-23-36(33)44(4)40(38)31-19-13-12-14-20-31/h12-16,18-26,30H,5-11,17,27-29H2,1-4H3. The van der Waals surface area contributed by atoms with E-state index in [9.17, 15) is 4.79 Å². The van der Waals surface area contributed by atoms with Crippen LogP contribution in [-0.4, -0.2) is 35.2 Å². The quantitative estimate of drug-likeness (QED) is 0.0791. The van der Waals surface area contributed by atoms with Crippen molar-refractivity contribution in [2.24, 2.45) is 7.05 Å². The maximum absolute atomic E-state index is 13.9. The fourth-order valence-electron chi connectivity index (χ4n) is 7.20. The summed E-state index contributed by atoms with van der Waals surface area (Å²) in [6.45, 7) is 9.27. The molecule has 48 heavy (non-hydrogen) atoms. The monoisotopic (exact) mass is 643 g/mol. The Morgan fingerprint density at radius 3 is 2.27 bits per heavy atom. The van der Waals surface area contributed by atoms with Crippen LogP contribution in [0.2, 0.25) is 0 Å². The number of fused-ring (bicyclic) bond motifs is 2. The van der Waals surface area contributed by atoms with Crippen molar-refractivity contribution in [3.63, 3.8) is 0 Å². The first-order valence-corrected chi connectivity index (χ1v) is 17.9. The van der Waals surface area contributed by atoms with Crippen LogP contribution < -0.4 is 9.64 Å². The molecule has 0 radical (unpaired) electrons. The lowest BCUT2D eigenvalue weighted by atomic mass is 9.78. The summed E-state index contributed by atoms with van der Waals surface area (Å²) in [5, 5.41) is 1.02. The Morgan fingerprint density at radius 1 is 0.792 bits per heavy atom. The molecule has 0 bridgehead atoms. The summed E-state index contributed by atoms with van der Waals surface area (Å²) in [6.07, 6.45) is 10.6. The summed E-state index contributed by atoms with van der Waals surface area (Å²) in [5.41, 5.74) is 5.76. The molecule has 0 saturated carbocycles. The van der Waals surface area contributed by atoms with E-state index in [1.807, 2.05) is 18.2 Å². The second kappa shape index (κ2) is 15.1.